The van der Waals surface area contributed by atoms with Gasteiger partial charge in [0.25, 0.3) is 0 Å². The molecule has 0 radical (unpaired) electrons. The molecule has 0 saturated carbocycles. The fraction of sp³-hybridized carbons (Fsp3) is 0.256. The molecule has 0 atom stereocenters. The number of benzene rings is 4. The molecule has 0 saturated heterocycles. The molecular formula is C43H44N4O. The molecule has 7 rings (SSSR count). The third kappa shape index (κ3) is 6.25. The van der Waals surface area contributed by atoms with Crippen LogP contribution in [0.1, 0.15) is 62.5 Å². The van der Waals surface area contributed by atoms with Crippen LogP contribution in [0.25, 0.3) is 44.4 Å². The predicted molar refractivity (Wildman–Crippen MR) is 199 cm³/mol. The van der Waals surface area contributed by atoms with Crippen LogP contribution in [0.15, 0.2) is 109 Å². The van der Waals surface area contributed by atoms with Crippen molar-refractivity contribution in [2.45, 2.75) is 66.7 Å². The number of hydrogen-bond donors (Lipinski definition) is 0. The Morgan fingerprint density at radius 3 is 2.38 bits per heavy atom. The Morgan fingerprint density at radius 2 is 1.56 bits per heavy atom. The highest BCUT2D eigenvalue weighted by molar-refractivity contribution is 6.09. The summed E-state index contributed by atoms with van der Waals surface area (Å²) in [6, 6.07) is 36.3. The van der Waals surface area contributed by atoms with Crippen molar-refractivity contribution in [3.63, 3.8) is 0 Å². The first kappa shape index (κ1) is 31.4. The van der Waals surface area contributed by atoms with E-state index >= 15 is 0 Å². The number of hydrogen-bond acceptors (Lipinski definition) is 3. The van der Waals surface area contributed by atoms with Crippen LogP contribution in [0, 0.1) is 19.8 Å². The Bertz CT molecular complexity index is 2210. The van der Waals surface area contributed by atoms with Gasteiger partial charge in [-0.25, -0.2) is 9.67 Å². The van der Waals surface area contributed by atoms with Crippen molar-refractivity contribution in [2.24, 2.45) is 5.92 Å². The maximum atomic E-state index is 6.58. The highest BCUT2D eigenvalue weighted by atomic mass is 16.5. The van der Waals surface area contributed by atoms with Crippen molar-refractivity contribution in [3.05, 3.63) is 132 Å². The van der Waals surface area contributed by atoms with Gasteiger partial charge in [-0.15, -0.1) is 0 Å². The average molecular weight is 633 g/mol. The van der Waals surface area contributed by atoms with Crippen molar-refractivity contribution in [3.8, 4) is 34.1 Å². The summed E-state index contributed by atoms with van der Waals surface area (Å²) < 4.78 is 10.9. The zero-order valence-electron chi connectivity index (χ0n) is 28.7. The predicted octanol–water partition coefficient (Wildman–Crippen LogP) is 11.4. The zero-order chi connectivity index (χ0) is 33.2. The highest BCUT2D eigenvalue weighted by Gasteiger charge is 2.17. The number of aromatic nitrogens is 4. The van der Waals surface area contributed by atoms with Crippen LogP contribution in [-0.4, -0.2) is 19.3 Å². The van der Waals surface area contributed by atoms with Gasteiger partial charge >= 0.3 is 0 Å². The average Bonchev–Trinajstić information content (AvgIpc) is 3.59. The minimum absolute atomic E-state index is 0.752. The first-order valence-electron chi connectivity index (χ1n) is 17.3. The van der Waals surface area contributed by atoms with Crippen LogP contribution in [0.3, 0.4) is 0 Å². The van der Waals surface area contributed by atoms with Crippen LogP contribution in [0.4, 0.5) is 0 Å². The lowest BCUT2D eigenvalue weighted by Gasteiger charge is -2.11. The molecule has 0 unspecified atom stereocenters. The maximum Gasteiger partial charge on any atom is 0.137 e. The van der Waals surface area contributed by atoms with E-state index in [-0.39, 0.29) is 0 Å². The van der Waals surface area contributed by atoms with E-state index in [1.165, 1.54) is 52.3 Å². The Morgan fingerprint density at radius 1 is 0.729 bits per heavy atom. The zero-order valence-corrected chi connectivity index (χ0v) is 28.7. The van der Waals surface area contributed by atoms with E-state index < -0.39 is 0 Å². The molecule has 0 spiro atoms. The molecule has 0 aliphatic heterocycles. The third-order valence-corrected chi connectivity index (χ3v) is 9.40. The number of aryl methyl sites for hydroxylation is 3. The van der Waals surface area contributed by atoms with Gasteiger partial charge in [0, 0.05) is 40.4 Å². The van der Waals surface area contributed by atoms with E-state index in [0.717, 1.165) is 64.2 Å². The SMILES string of the molecule is CCc1ccnc(-n2c3ccc(CCCCC(C)C)cc3c3ccc(Oc4cccc(-n5nc(C)c(-c6ccccc6)c5C)c4)cc32)c1. The Balaban J connectivity index is 1.25. The minimum atomic E-state index is 0.752. The molecule has 5 heteroatoms. The maximum absolute atomic E-state index is 6.58. The van der Waals surface area contributed by atoms with Crippen molar-refractivity contribution >= 4 is 21.8 Å². The molecule has 4 aromatic carbocycles. The number of nitrogens with zero attached hydrogens (tertiary/aromatic N) is 4. The molecule has 48 heavy (non-hydrogen) atoms. The third-order valence-electron chi connectivity index (χ3n) is 9.40. The van der Waals surface area contributed by atoms with Gasteiger partial charge in [-0.3, -0.25) is 4.57 Å². The van der Waals surface area contributed by atoms with Crippen molar-refractivity contribution in [1.82, 2.24) is 19.3 Å². The van der Waals surface area contributed by atoms with E-state index in [1.54, 1.807) is 0 Å². The molecule has 0 N–H and O–H groups in total. The van der Waals surface area contributed by atoms with Gasteiger partial charge in [-0.05, 0) is 104 Å². The molecule has 0 amide bonds. The summed E-state index contributed by atoms with van der Waals surface area (Å²) >= 11 is 0. The fourth-order valence-corrected chi connectivity index (χ4v) is 6.93. The summed E-state index contributed by atoms with van der Waals surface area (Å²) in [5.41, 5.74) is 10.3. The lowest BCUT2D eigenvalue weighted by Crippen LogP contribution is -2.00. The number of rotatable bonds is 11. The van der Waals surface area contributed by atoms with Crippen molar-refractivity contribution in [2.75, 3.05) is 0 Å². The lowest BCUT2D eigenvalue weighted by atomic mass is 10.0. The summed E-state index contributed by atoms with van der Waals surface area (Å²) in [5, 5.41) is 7.37. The van der Waals surface area contributed by atoms with Crippen LogP contribution in [0.5, 0.6) is 11.5 Å². The molecule has 3 heterocycles. The summed E-state index contributed by atoms with van der Waals surface area (Å²) in [4.78, 5) is 4.84. The van der Waals surface area contributed by atoms with E-state index in [9.17, 15) is 0 Å². The van der Waals surface area contributed by atoms with Crippen LogP contribution >= 0.6 is 0 Å². The molecule has 242 valence electrons. The quantitative estimate of drug-likeness (QED) is 0.133. The van der Waals surface area contributed by atoms with E-state index in [4.69, 9.17) is 14.8 Å². The number of fused-ring (bicyclic) bond motifs is 3. The second kappa shape index (κ2) is 13.5. The second-order valence-corrected chi connectivity index (χ2v) is 13.3. The van der Waals surface area contributed by atoms with E-state index in [2.05, 4.69) is 124 Å². The second-order valence-electron chi connectivity index (χ2n) is 13.3. The van der Waals surface area contributed by atoms with Gasteiger partial charge in [0.05, 0.1) is 22.4 Å². The number of ether oxygens (including phenoxy) is 1. The molecule has 5 nitrogen and oxygen atoms in total. The first-order chi connectivity index (χ1) is 23.4. The van der Waals surface area contributed by atoms with Gasteiger partial charge < -0.3 is 4.74 Å². The lowest BCUT2D eigenvalue weighted by molar-refractivity contribution is 0.482. The van der Waals surface area contributed by atoms with Gasteiger partial charge in [-0.2, -0.15) is 5.10 Å². The molecule has 0 aliphatic rings. The summed E-state index contributed by atoms with van der Waals surface area (Å²) in [6.07, 6.45) is 7.73. The normalized spacial score (nSPS) is 11.6. The minimum Gasteiger partial charge on any atom is -0.457 e. The molecule has 0 fully saturated rings. The smallest absolute Gasteiger partial charge is 0.137 e. The summed E-state index contributed by atoms with van der Waals surface area (Å²) in [5.74, 6) is 3.22. The molecule has 0 aliphatic carbocycles. The standard InChI is InChI=1S/C43H44N4O/c1-6-32-23-24-44-42(26-32)46-40-22-19-33(14-11-10-13-29(2)3)25-39(40)38-21-20-37(28-41(38)46)48-36-18-12-17-35(27-36)47-31(5)43(30(4)45-47)34-15-8-7-9-16-34/h7-9,12,15-29H,6,10-11,13-14H2,1-5H3. The topological polar surface area (TPSA) is 44.9 Å². The first-order valence-corrected chi connectivity index (χ1v) is 17.3. The summed E-state index contributed by atoms with van der Waals surface area (Å²) in [7, 11) is 0. The Labute approximate surface area is 283 Å². The van der Waals surface area contributed by atoms with E-state index in [0.29, 0.717) is 0 Å². The van der Waals surface area contributed by atoms with Crippen LogP contribution < -0.4 is 4.74 Å². The molecular weight excluding hydrogens is 589 g/mol. The van der Waals surface area contributed by atoms with Gasteiger partial charge in [0.2, 0.25) is 0 Å². The number of unbranched alkanes of at least 4 members (excludes halogenated alkanes) is 1. The Hall–Kier alpha value is -5.16. The summed E-state index contributed by atoms with van der Waals surface area (Å²) in [6.45, 7) is 11.0. The van der Waals surface area contributed by atoms with Gasteiger partial charge in [-0.1, -0.05) is 76.1 Å². The van der Waals surface area contributed by atoms with E-state index in [1.807, 2.05) is 29.1 Å². The van der Waals surface area contributed by atoms with Crippen molar-refractivity contribution < 1.29 is 4.74 Å². The number of pyridine rings is 1. The largest absolute Gasteiger partial charge is 0.457 e. The van der Waals surface area contributed by atoms with Crippen molar-refractivity contribution in [1.29, 1.82) is 0 Å². The van der Waals surface area contributed by atoms with Gasteiger partial charge in [0.15, 0.2) is 0 Å². The molecule has 7 aromatic rings. The Kier molecular flexibility index (Phi) is 8.86. The van der Waals surface area contributed by atoms with Crippen LogP contribution in [0.2, 0.25) is 0 Å². The fourth-order valence-electron chi connectivity index (χ4n) is 6.93. The van der Waals surface area contributed by atoms with Gasteiger partial charge in [0.1, 0.15) is 17.3 Å². The molecule has 0 bridgehead atoms. The highest BCUT2D eigenvalue weighted by Crippen LogP contribution is 2.36. The molecule has 3 aromatic heterocycles. The monoisotopic (exact) mass is 632 g/mol. The van der Waals surface area contributed by atoms with Crippen LogP contribution in [-0.2, 0) is 12.8 Å².